The first-order valence-corrected chi connectivity index (χ1v) is 5.04. The van der Waals surface area contributed by atoms with Crippen LogP contribution in [0.2, 0.25) is 0 Å². The molecule has 0 aliphatic carbocycles. The molecule has 1 aliphatic heterocycles. The SMILES string of the molecule is CN1CCC(NCCOCC(F)(F)F)C1. The van der Waals surface area contributed by atoms with Crippen molar-refractivity contribution in [3.63, 3.8) is 0 Å². The molecule has 0 bridgehead atoms. The van der Waals surface area contributed by atoms with E-state index in [4.69, 9.17) is 0 Å². The largest absolute Gasteiger partial charge is 0.411 e. The van der Waals surface area contributed by atoms with Crippen LogP contribution in [0.3, 0.4) is 0 Å². The van der Waals surface area contributed by atoms with Gasteiger partial charge in [-0.2, -0.15) is 13.2 Å². The maximum Gasteiger partial charge on any atom is 0.411 e. The van der Waals surface area contributed by atoms with Crippen molar-refractivity contribution in [2.45, 2.75) is 18.6 Å². The number of hydrogen-bond donors (Lipinski definition) is 1. The number of alkyl halides is 3. The van der Waals surface area contributed by atoms with Crippen molar-refractivity contribution in [3.8, 4) is 0 Å². The van der Waals surface area contributed by atoms with Gasteiger partial charge in [0.15, 0.2) is 0 Å². The van der Waals surface area contributed by atoms with Gasteiger partial charge in [0.2, 0.25) is 0 Å². The zero-order chi connectivity index (χ0) is 11.3. The Kier molecular flexibility index (Phi) is 4.82. The number of nitrogens with one attached hydrogen (secondary N) is 1. The zero-order valence-electron chi connectivity index (χ0n) is 8.81. The van der Waals surface area contributed by atoms with Crippen molar-refractivity contribution >= 4 is 0 Å². The van der Waals surface area contributed by atoms with Gasteiger partial charge in [-0.1, -0.05) is 0 Å². The highest BCUT2D eigenvalue weighted by Gasteiger charge is 2.27. The van der Waals surface area contributed by atoms with E-state index in [1.54, 1.807) is 0 Å². The Balaban J connectivity index is 1.93. The Bertz CT molecular complexity index is 187. The van der Waals surface area contributed by atoms with Crippen LogP contribution in [0.5, 0.6) is 0 Å². The Morgan fingerprint density at radius 2 is 2.20 bits per heavy atom. The highest BCUT2D eigenvalue weighted by atomic mass is 19.4. The van der Waals surface area contributed by atoms with Gasteiger partial charge in [-0.25, -0.2) is 0 Å². The average Bonchev–Trinajstić information content (AvgIpc) is 2.49. The van der Waals surface area contributed by atoms with Crippen LogP contribution >= 0.6 is 0 Å². The molecule has 1 N–H and O–H groups in total. The summed E-state index contributed by atoms with van der Waals surface area (Å²) in [6, 6.07) is 0.393. The third-order valence-corrected chi connectivity index (χ3v) is 2.34. The van der Waals surface area contributed by atoms with Crippen molar-refractivity contribution in [3.05, 3.63) is 0 Å². The summed E-state index contributed by atoms with van der Waals surface area (Å²) in [7, 11) is 2.03. The normalized spacial score (nSPS) is 23.6. The maximum atomic E-state index is 11.7. The second-order valence-corrected chi connectivity index (χ2v) is 3.87. The second kappa shape index (κ2) is 5.67. The van der Waals surface area contributed by atoms with Gasteiger partial charge in [-0.15, -0.1) is 0 Å². The number of hydrogen-bond acceptors (Lipinski definition) is 3. The van der Waals surface area contributed by atoms with E-state index < -0.39 is 12.8 Å². The van der Waals surface area contributed by atoms with Crippen molar-refractivity contribution < 1.29 is 17.9 Å². The van der Waals surface area contributed by atoms with E-state index >= 15 is 0 Å². The van der Waals surface area contributed by atoms with Gasteiger partial charge in [0.05, 0.1) is 6.61 Å². The van der Waals surface area contributed by atoms with Crippen molar-refractivity contribution in [2.75, 3.05) is 39.9 Å². The first kappa shape index (κ1) is 12.7. The van der Waals surface area contributed by atoms with Crippen LogP contribution in [-0.2, 0) is 4.74 Å². The van der Waals surface area contributed by atoms with E-state index in [1.165, 1.54) is 0 Å². The fraction of sp³-hybridized carbons (Fsp3) is 1.00. The minimum atomic E-state index is -4.21. The summed E-state index contributed by atoms with van der Waals surface area (Å²) >= 11 is 0. The van der Waals surface area contributed by atoms with Crippen LogP contribution in [0.25, 0.3) is 0 Å². The molecule has 1 atom stereocenters. The van der Waals surface area contributed by atoms with Crippen LogP contribution in [-0.4, -0.2) is 57.0 Å². The molecule has 0 aromatic carbocycles. The summed E-state index contributed by atoms with van der Waals surface area (Å²) in [6.45, 7) is 1.44. The van der Waals surface area contributed by atoms with Gasteiger partial charge in [0.1, 0.15) is 6.61 Å². The number of likely N-dealkylation sites (tertiary alicyclic amines) is 1. The summed E-state index contributed by atoms with van der Waals surface area (Å²) in [5, 5.41) is 3.16. The molecule has 1 heterocycles. The van der Waals surface area contributed by atoms with Gasteiger partial charge in [-0.3, -0.25) is 0 Å². The van der Waals surface area contributed by atoms with Gasteiger partial charge in [0.25, 0.3) is 0 Å². The highest BCUT2D eigenvalue weighted by Crippen LogP contribution is 2.14. The van der Waals surface area contributed by atoms with E-state index in [1.807, 2.05) is 7.05 Å². The molecular weight excluding hydrogens is 209 g/mol. The molecule has 0 spiro atoms. The highest BCUT2D eigenvalue weighted by molar-refractivity contribution is 4.78. The molecule has 1 saturated heterocycles. The van der Waals surface area contributed by atoms with Crippen molar-refractivity contribution in [2.24, 2.45) is 0 Å². The summed E-state index contributed by atoms with van der Waals surface area (Å²) in [5.74, 6) is 0. The molecule has 3 nitrogen and oxygen atoms in total. The summed E-state index contributed by atoms with van der Waals surface area (Å²) in [5.41, 5.74) is 0. The van der Waals surface area contributed by atoms with Gasteiger partial charge >= 0.3 is 6.18 Å². The molecule has 0 amide bonds. The fourth-order valence-corrected chi connectivity index (χ4v) is 1.62. The lowest BCUT2D eigenvalue weighted by atomic mass is 10.3. The minimum absolute atomic E-state index is 0.111. The quantitative estimate of drug-likeness (QED) is 0.704. The van der Waals surface area contributed by atoms with E-state index in [9.17, 15) is 13.2 Å². The van der Waals surface area contributed by atoms with Crippen LogP contribution in [0, 0.1) is 0 Å². The standard InChI is InChI=1S/C9H17F3N2O/c1-14-4-2-8(6-14)13-3-5-15-7-9(10,11)12/h8,13H,2-7H2,1H3. The zero-order valence-corrected chi connectivity index (χ0v) is 8.81. The molecule has 90 valence electrons. The Morgan fingerprint density at radius 1 is 1.47 bits per heavy atom. The molecule has 6 heteroatoms. The second-order valence-electron chi connectivity index (χ2n) is 3.87. The molecule has 0 radical (unpaired) electrons. The topological polar surface area (TPSA) is 24.5 Å². The van der Waals surface area contributed by atoms with Crippen molar-refractivity contribution in [1.29, 1.82) is 0 Å². The van der Waals surface area contributed by atoms with Crippen LogP contribution < -0.4 is 5.32 Å². The molecule has 15 heavy (non-hydrogen) atoms. The van der Waals surface area contributed by atoms with E-state index in [-0.39, 0.29) is 6.61 Å². The van der Waals surface area contributed by atoms with Crippen LogP contribution in [0.15, 0.2) is 0 Å². The summed E-state index contributed by atoms with van der Waals surface area (Å²) in [4.78, 5) is 2.19. The predicted octanol–water partition coefficient (Wildman–Crippen LogP) is 0.859. The molecule has 1 aliphatic rings. The van der Waals surface area contributed by atoms with Crippen LogP contribution in [0.1, 0.15) is 6.42 Å². The summed E-state index contributed by atoms with van der Waals surface area (Å²) in [6.07, 6.45) is -3.16. The van der Waals surface area contributed by atoms with Gasteiger partial charge < -0.3 is 15.0 Å². The van der Waals surface area contributed by atoms with Gasteiger partial charge in [-0.05, 0) is 20.0 Å². The van der Waals surface area contributed by atoms with E-state index in [0.29, 0.717) is 12.6 Å². The third kappa shape index (κ3) is 5.96. The smallest absolute Gasteiger partial charge is 0.371 e. The number of nitrogens with zero attached hydrogens (tertiary/aromatic N) is 1. The first-order chi connectivity index (χ1) is 6.97. The number of ether oxygens (including phenoxy) is 1. The Morgan fingerprint density at radius 3 is 2.73 bits per heavy atom. The number of rotatable bonds is 5. The number of halogens is 3. The monoisotopic (exact) mass is 226 g/mol. The fourth-order valence-electron chi connectivity index (χ4n) is 1.62. The molecular formula is C9H17F3N2O. The molecule has 0 aromatic rings. The predicted molar refractivity (Wildman–Crippen MR) is 50.8 cm³/mol. The minimum Gasteiger partial charge on any atom is -0.371 e. The van der Waals surface area contributed by atoms with E-state index in [0.717, 1.165) is 19.5 Å². The van der Waals surface area contributed by atoms with E-state index in [2.05, 4.69) is 15.0 Å². The lowest BCUT2D eigenvalue weighted by Crippen LogP contribution is -2.34. The lowest BCUT2D eigenvalue weighted by molar-refractivity contribution is -0.173. The maximum absolute atomic E-state index is 11.7. The van der Waals surface area contributed by atoms with Crippen LogP contribution in [0.4, 0.5) is 13.2 Å². The Hall–Kier alpha value is -0.330. The Labute approximate surface area is 87.6 Å². The summed E-state index contributed by atoms with van der Waals surface area (Å²) < 4.78 is 39.5. The molecule has 1 unspecified atom stereocenters. The molecule has 0 saturated carbocycles. The third-order valence-electron chi connectivity index (χ3n) is 2.34. The first-order valence-electron chi connectivity index (χ1n) is 5.04. The molecule has 1 rings (SSSR count). The molecule has 1 fully saturated rings. The average molecular weight is 226 g/mol. The lowest BCUT2D eigenvalue weighted by Gasteiger charge is -2.13. The number of likely N-dealkylation sites (N-methyl/N-ethyl adjacent to an activating group) is 1. The van der Waals surface area contributed by atoms with Gasteiger partial charge in [0, 0.05) is 19.1 Å². The molecule has 0 aromatic heterocycles. The van der Waals surface area contributed by atoms with Crippen molar-refractivity contribution in [1.82, 2.24) is 10.2 Å².